The molecule has 5 nitrogen and oxygen atoms in total. The largest absolute Gasteiger partial charge is 0.497 e. The highest BCUT2D eigenvalue weighted by atomic mass is 28.4. The van der Waals surface area contributed by atoms with Gasteiger partial charge in [0.2, 0.25) is 5.91 Å². The third-order valence-electron chi connectivity index (χ3n) is 7.95. The van der Waals surface area contributed by atoms with E-state index in [1.54, 1.807) is 18.1 Å². The highest BCUT2D eigenvalue weighted by Gasteiger charge is 2.44. The lowest BCUT2D eigenvalue weighted by Crippen LogP contribution is -2.48. The normalized spacial score (nSPS) is 11.8. The summed E-state index contributed by atoms with van der Waals surface area (Å²) in [6.45, 7) is 16.2. The predicted octanol–water partition coefficient (Wildman–Crippen LogP) is 8.55. The zero-order chi connectivity index (χ0) is 30.2. The average molecular weight is 580 g/mol. The van der Waals surface area contributed by atoms with Gasteiger partial charge in [0.15, 0.2) is 8.32 Å². The first-order chi connectivity index (χ1) is 19.5. The summed E-state index contributed by atoms with van der Waals surface area (Å²) in [5.74, 6) is 0.716. The molecular weight excluding hydrogens is 533 g/mol. The van der Waals surface area contributed by atoms with Gasteiger partial charge in [0, 0.05) is 12.5 Å². The molecule has 0 aromatic heterocycles. The van der Waals surface area contributed by atoms with Crippen LogP contribution < -0.4 is 14.4 Å². The number of hydrogen-bond donors (Lipinski definition) is 0. The fourth-order valence-corrected chi connectivity index (χ4v) is 11.5. The maximum Gasteiger partial charge on any atom is 0.224 e. The third-order valence-corrected chi connectivity index (χ3v) is 14.1. The highest BCUT2D eigenvalue weighted by molar-refractivity contribution is 6.77. The number of nitrogens with zero attached hydrogens (tertiary/aromatic N) is 1. The standard InChI is InChI=1S/C34H46FNO4Si/c1-24(2)41(25(3)4,26(5)6)40-19-18-39-34-17-16-32(38-8)21-30(34)23-36(27(7)37)33-22-31(35)15-14-29(33)20-28-12-10-9-11-13-28/h9-17,21-22,24-26H,18-20,23H2,1-8H3. The van der Waals surface area contributed by atoms with Gasteiger partial charge >= 0.3 is 0 Å². The Bertz CT molecular complexity index is 1260. The maximum atomic E-state index is 14.5. The van der Waals surface area contributed by atoms with Crippen molar-refractivity contribution in [2.75, 3.05) is 25.2 Å². The van der Waals surface area contributed by atoms with E-state index in [9.17, 15) is 9.18 Å². The second-order valence-corrected chi connectivity index (χ2v) is 17.0. The molecular formula is C34H46FNO4Si. The highest BCUT2D eigenvalue weighted by Crippen LogP contribution is 2.42. The van der Waals surface area contributed by atoms with Gasteiger partial charge in [-0.05, 0) is 64.5 Å². The molecule has 0 N–H and O–H groups in total. The number of benzene rings is 3. The van der Waals surface area contributed by atoms with Crippen LogP contribution in [0.1, 0.15) is 65.2 Å². The fraction of sp³-hybridized carbons (Fsp3) is 0.441. The van der Waals surface area contributed by atoms with E-state index in [0.29, 0.717) is 53.4 Å². The molecule has 3 aromatic rings. The maximum absolute atomic E-state index is 14.5. The number of hydrogen-bond acceptors (Lipinski definition) is 4. The average Bonchev–Trinajstić information content (AvgIpc) is 2.93. The van der Waals surface area contributed by atoms with E-state index >= 15 is 0 Å². The Morgan fingerprint density at radius 1 is 0.854 bits per heavy atom. The van der Waals surface area contributed by atoms with Gasteiger partial charge in [0.25, 0.3) is 0 Å². The van der Waals surface area contributed by atoms with Gasteiger partial charge in [-0.25, -0.2) is 4.39 Å². The summed E-state index contributed by atoms with van der Waals surface area (Å²) in [5.41, 5.74) is 4.72. The van der Waals surface area contributed by atoms with Gasteiger partial charge in [-0.1, -0.05) is 77.9 Å². The van der Waals surface area contributed by atoms with Crippen molar-refractivity contribution in [2.24, 2.45) is 0 Å². The van der Waals surface area contributed by atoms with Gasteiger partial charge in [0.1, 0.15) is 23.9 Å². The van der Waals surface area contributed by atoms with Crippen LogP contribution in [0.2, 0.25) is 16.6 Å². The Labute approximate surface area is 246 Å². The third kappa shape index (κ3) is 7.98. The molecule has 3 aromatic carbocycles. The Morgan fingerprint density at radius 2 is 1.51 bits per heavy atom. The number of rotatable bonds is 14. The first-order valence-electron chi connectivity index (χ1n) is 14.5. The summed E-state index contributed by atoms with van der Waals surface area (Å²) in [6.07, 6.45) is 0.576. The number of amides is 1. The molecule has 0 fully saturated rings. The van der Waals surface area contributed by atoms with Crippen molar-refractivity contribution in [1.82, 2.24) is 0 Å². The lowest BCUT2D eigenvalue weighted by Gasteiger charge is -2.42. The van der Waals surface area contributed by atoms with Crippen molar-refractivity contribution in [1.29, 1.82) is 0 Å². The van der Waals surface area contributed by atoms with Crippen LogP contribution in [0, 0.1) is 5.82 Å². The number of anilines is 1. The molecule has 1 amide bonds. The Hall–Kier alpha value is -3.16. The summed E-state index contributed by atoms with van der Waals surface area (Å²) >= 11 is 0. The lowest BCUT2D eigenvalue weighted by atomic mass is 10.0. The van der Waals surface area contributed by atoms with Crippen LogP contribution in [0.3, 0.4) is 0 Å². The van der Waals surface area contributed by atoms with E-state index in [4.69, 9.17) is 13.9 Å². The quantitative estimate of drug-likeness (QED) is 0.142. The summed E-state index contributed by atoms with van der Waals surface area (Å²) in [4.78, 5) is 14.6. The SMILES string of the molecule is COc1ccc(OCCO[Si](C(C)C)(C(C)C)C(C)C)c(CN(C(C)=O)c2cc(F)ccc2Cc2ccccc2)c1. The van der Waals surface area contributed by atoms with Gasteiger partial charge in [-0.15, -0.1) is 0 Å². The van der Waals surface area contributed by atoms with Crippen LogP contribution in [0.5, 0.6) is 11.5 Å². The summed E-state index contributed by atoms with van der Waals surface area (Å²) in [6, 6.07) is 20.2. The number of carbonyl (C=O) groups excluding carboxylic acids is 1. The van der Waals surface area contributed by atoms with Crippen LogP contribution in [-0.4, -0.2) is 34.5 Å². The summed E-state index contributed by atoms with van der Waals surface area (Å²) in [7, 11) is -0.406. The second-order valence-electron chi connectivity index (χ2n) is 11.5. The van der Waals surface area contributed by atoms with Crippen molar-refractivity contribution in [3.05, 3.63) is 89.2 Å². The summed E-state index contributed by atoms with van der Waals surface area (Å²) in [5, 5.41) is 0. The van der Waals surface area contributed by atoms with Crippen LogP contribution >= 0.6 is 0 Å². The second kappa shape index (κ2) is 14.6. The molecule has 3 rings (SSSR count). The molecule has 0 radical (unpaired) electrons. The number of halogens is 1. The van der Waals surface area contributed by atoms with E-state index in [1.165, 1.54) is 19.1 Å². The minimum Gasteiger partial charge on any atom is -0.497 e. The minimum atomic E-state index is -2.01. The van der Waals surface area contributed by atoms with Crippen LogP contribution in [0.15, 0.2) is 66.7 Å². The topological polar surface area (TPSA) is 48.0 Å². The Morgan fingerprint density at radius 3 is 2.10 bits per heavy atom. The number of ether oxygens (including phenoxy) is 2. The van der Waals surface area contributed by atoms with E-state index in [1.807, 2.05) is 48.5 Å². The molecule has 0 atom stereocenters. The van der Waals surface area contributed by atoms with Crippen molar-refractivity contribution in [3.8, 4) is 11.5 Å². The van der Waals surface area contributed by atoms with Gasteiger partial charge in [-0.3, -0.25) is 4.79 Å². The molecule has 0 aliphatic rings. The zero-order valence-corrected chi connectivity index (χ0v) is 26.9. The van der Waals surface area contributed by atoms with Gasteiger partial charge in [0.05, 0.1) is 25.9 Å². The first kappa shape index (κ1) is 32.4. The Balaban J connectivity index is 1.87. The lowest BCUT2D eigenvalue weighted by molar-refractivity contribution is -0.116. The number of carbonyl (C=O) groups is 1. The van der Waals surface area contributed by atoms with Crippen molar-refractivity contribution in [2.45, 2.75) is 78.1 Å². The van der Waals surface area contributed by atoms with Gasteiger partial charge in [-0.2, -0.15) is 0 Å². The van der Waals surface area contributed by atoms with E-state index in [0.717, 1.165) is 16.7 Å². The fourth-order valence-electron chi connectivity index (χ4n) is 6.11. The smallest absolute Gasteiger partial charge is 0.224 e. The van der Waals surface area contributed by atoms with E-state index in [2.05, 4.69) is 41.5 Å². The zero-order valence-electron chi connectivity index (χ0n) is 25.9. The monoisotopic (exact) mass is 579 g/mol. The molecule has 0 bridgehead atoms. The molecule has 0 saturated carbocycles. The summed E-state index contributed by atoms with van der Waals surface area (Å²) < 4.78 is 33.0. The van der Waals surface area contributed by atoms with Crippen LogP contribution in [0.4, 0.5) is 10.1 Å². The van der Waals surface area contributed by atoms with E-state index < -0.39 is 14.1 Å². The van der Waals surface area contributed by atoms with Crippen LogP contribution in [-0.2, 0) is 22.2 Å². The van der Waals surface area contributed by atoms with Crippen molar-refractivity contribution < 1.29 is 23.1 Å². The molecule has 222 valence electrons. The molecule has 7 heteroatoms. The Kier molecular flexibility index (Phi) is 11.6. The number of methoxy groups -OCH3 is 1. The molecule has 0 saturated heterocycles. The van der Waals surface area contributed by atoms with Crippen molar-refractivity contribution >= 4 is 19.9 Å². The molecule has 0 heterocycles. The first-order valence-corrected chi connectivity index (χ1v) is 16.7. The predicted molar refractivity (Wildman–Crippen MR) is 168 cm³/mol. The van der Waals surface area contributed by atoms with Gasteiger partial charge < -0.3 is 18.8 Å². The van der Waals surface area contributed by atoms with Crippen LogP contribution in [0.25, 0.3) is 0 Å². The molecule has 41 heavy (non-hydrogen) atoms. The molecule has 0 spiro atoms. The molecule has 0 unspecified atom stereocenters. The van der Waals surface area contributed by atoms with E-state index in [-0.39, 0.29) is 12.5 Å². The molecule has 0 aliphatic heterocycles. The van der Waals surface area contributed by atoms with Crippen molar-refractivity contribution in [3.63, 3.8) is 0 Å². The molecule has 0 aliphatic carbocycles. The minimum absolute atomic E-state index is 0.191.